The molecule has 2 amide bonds. The van der Waals surface area contributed by atoms with Gasteiger partial charge in [-0.2, -0.15) is 5.10 Å². The van der Waals surface area contributed by atoms with Gasteiger partial charge in [-0.15, -0.1) is 0 Å². The number of carboxylic acid groups (broad SMARTS) is 1. The number of carbonyl (C=O) groups excluding carboxylic acids is 2. The number of hydrogen-bond acceptors (Lipinski definition) is 6. The summed E-state index contributed by atoms with van der Waals surface area (Å²) in [5, 5.41) is 17.6. The maximum Gasteiger partial charge on any atom is 0.352 e. The fourth-order valence-corrected chi connectivity index (χ4v) is 9.26. The molecule has 8 rings (SSSR count). The smallest absolute Gasteiger partial charge is 0.352 e. The number of hydrogen-bond donors (Lipinski definition) is 1. The number of nitrogens with zero attached hydrogens (tertiary/aromatic N) is 6. The summed E-state index contributed by atoms with van der Waals surface area (Å²) in [5.74, 6) is -0.837. The number of morpholine rings is 1. The van der Waals surface area contributed by atoms with Crippen LogP contribution in [-0.4, -0.2) is 86.2 Å². The lowest BCUT2D eigenvalue weighted by atomic mass is 9.98. The van der Waals surface area contributed by atoms with Crippen LogP contribution in [0.3, 0.4) is 0 Å². The van der Waals surface area contributed by atoms with E-state index in [2.05, 4.69) is 11.5 Å². The first-order chi connectivity index (χ1) is 27.7. The number of anilines is 1. The molecule has 1 unspecified atom stereocenters. The number of fused-ring (bicyclic) bond motifs is 4. The van der Waals surface area contributed by atoms with Gasteiger partial charge >= 0.3 is 5.97 Å². The lowest BCUT2D eigenvalue weighted by Crippen LogP contribution is -2.43. The van der Waals surface area contributed by atoms with Crippen LogP contribution in [0.15, 0.2) is 42.5 Å². The third-order valence-electron chi connectivity index (χ3n) is 11.7. The average Bonchev–Trinajstić information content (AvgIpc) is 3.81. The number of halogens is 2. The fourth-order valence-electron chi connectivity index (χ4n) is 8.90. The monoisotopic (exact) mass is 824 g/mol. The van der Waals surface area contributed by atoms with Gasteiger partial charge in [-0.05, 0) is 101 Å². The van der Waals surface area contributed by atoms with E-state index >= 15 is 4.79 Å². The molecule has 1 N–H and O–H groups in total. The molecule has 1 atom stereocenters. The second-order valence-electron chi connectivity index (χ2n) is 15.5. The van der Waals surface area contributed by atoms with E-state index in [1.165, 1.54) is 0 Å². The Bertz CT molecular complexity index is 2660. The molecule has 2 aliphatic heterocycles. The van der Waals surface area contributed by atoms with Crippen molar-refractivity contribution in [2.75, 3.05) is 44.4 Å². The van der Waals surface area contributed by atoms with Crippen LogP contribution in [-0.2, 0) is 25.3 Å². The molecule has 1 fully saturated rings. The highest BCUT2D eigenvalue weighted by Crippen LogP contribution is 2.46. The van der Waals surface area contributed by atoms with Crippen LogP contribution in [0.4, 0.5) is 5.69 Å². The van der Waals surface area contributed by atoms with Gasteiger partial charge < -0.3 is 33.5 Å². The zero-order chi connectivity index (χ0) is 41.3. The fraction of sp³-hybridized carbons (Fsp3) is 0.364. The van der Waals surface area contributed by atoms with Crippen molar-refractivity contribution >= 4 is 68.5 Å². The molecule has 0 bridgehead atoms. The molecule has 0 spiro atoms. The Labute approximate surface area is 346 Å². The van der Waals surface area contributed by atoms with Crippen LogP contribution >= 0.6 is 23.2 Å². The highest BCUT2D eigenvalue weighted by molar-refractivity contribution is 6.35. The third kappa shape index (κ3) is 6.51. The first-order valence-corrected chi connectivity index (χ1v) is 20.2. The van der Waals surface area contributed by atoms with Crippen LogP contribution in [0.5, 0.6) is 5.75 Å². The number of aryl methyl sites for hydroxylation is 6. The number of benzene rings is 3. The Kier molecular flexibility index (Phi) is 10.3. The van der Waals surface area contributed by atoms with Crippen LogP contribution in [0.1, 0.15) is 78.8 Å². The predicted molar refractivity (Wildman–Crippen MR) is 226 cm³/mol. The molecule has 3 aromatic heterocycles. The van der Waals surface area contributed by atoms with Gasteiger partial charge in [0.2, 0.25) is 0 Å². The van der Waals surface area contributed by atoms with Crippen molar-refractivity contribution in [1.29, 1.82) is 0 Å². The SMILES string of the molecule is Cc1cc(OCCCc2c3n(c4c(-c5c(C)nn(C)c5C)c(Cl)ccc24)C(C)CN(c2cc(C(=O)N4CCOCC4)cc4cc(C(=O)O)n(C)c24)C3=O)cc(C)c1Cl. The number of carboxylic acids is 1. The van der Waals surface area contributed by atoms with Crippen molar-refractivity contribution in [1.82, 2.24) is 23.8 Å². The summed E-state index contributed by atoms with van der Waals surface area (Å²) in [7, 11) is 3.58. The first kappa shape index (κ1) is 39.5. The van der Waals surface area contributed by atoms with Crippen LogP contribution in [0.25, 0.3) is 32.9 Å². The first-order valence-electron chi connectivity index (χ1n) is 19.5. The number of carbonyl (C=O) groups is 3. The minimum atomic E-state index is -1.11. The van der Waals surface area contributed by atoms with Crippen molar-refractivity contribution in [2.45, 2.75) is 53.5 Å². The molecule has 12 nitrogen and oxygen atoms in total. The van der Waals surface area contributed by atoms with E-state index in [9.17, 15) is 14.7 Å². The number of amides is 2. The summed E-state index contributed by atoms with van der Waals surface area (Å²) < 4.78 is 17.3. The van der Waals surface area contributed by atoms with Gasteiger partial charge in [0.25, 0.3) is 11.8 Å². The molecule has 0 radical (unpaired) electrons. The molecular formula is C44H46Cl2N6O6. The Morgan fingerprint density at radius 2 is 1.67 bits per heavy atom. The van der Waals surface area contributed by atoms with E-state index in [4.69, 9.17) is 37.8 Å². The van der Waals surface area contributed by atoms with Crippen LogP contribution in [0, 0.1) is 27.7 Å². The summed E-state index contributed by atoms with van der Waals surface area (Å²) in [6, 6.07) is 12.5. The Hall–Kier alpha value is -5.30. The minimum Gasteiger partial charge on any atom is -0.494 e. The van der Waals surface area contributed by atoms with Gasteiger partial charge in [0.15, 0.2) is 0 Å². The number of rotatable bonds is 9. The molecule has 0 saturated carbocycles. The number of aromatic nitrogens is 4. The van der Waals surface area contributed by atoms with E-state index in [0.29, 0.717) is 83.6 Å². The summed E-state index contributed by atoms with van der Waals surface area (Å²) >= 11 is 13.6. The maximum absolute atomic E-state index is 15.4. The Morgan fingerprint density at radius 1 is 0.966 bits per heavy atom. The highest BCUT2D eigenvalue weighted by Gasteiger charge is 2.38. The van der Waals surface area contributed by atoms with E-state index in [0.717, 1.165) is 55.9 Å². The summed E-state index contributed by atoms with van der Waals surface area (Å²) in [4.78, 5) is 45.3. The average molecular weight is 826 g/mol. The van der Waals surface area contributed by atoms with Gasteiger partial charge in [0, 0.05) is 78.0 Å². The molecule has 3 aromatic carbocycles. The van der Waals surface area contributed by atoms with E-state index in [-0.39, 0.29) is 30.1 Å². The highest BCUT2D eigenvalue weighted by atomic mass is 35.5. The summed E-state index contributed by atoms with van der Waals surface area (Å²) in [5.41, 5.74) is 9.06. The summed E-state index contributed by atoms with van der Waals surface area (Å²) in [6.07, 6.45) is 1.12. The zero-order valence-electron chi connectivity index (χ0n) is 33.7. The van der Waals surface area contributed by atoms with Gasteiger partial charge in [-0.1, -0.05) is 29.3 Å². The van der Waals surface area contributed by atoms with E-state index in [1.807, 2.05) is 63.7 Å². The summed E-state index contributed by atoms with van der Waals surface area (Å²) in [6.45, 7) is 12.3. The van der Waals surface area contributed by atoms with Crippen LogP contribution < -0.4 is 9.64 Å². The Morgan fingerprint density at radius 3 is 2.33 bits per heavy atom. The standard InChI is InChI=1S/C44H46Cl2N6O6/c1-23-17-30(18-24(2)38(23)46)58-14-8-9-31-32-10-11-33(45)37(36-26(4)47-49(7)27(36)5)40(32)52-25(3)22-51(43(54)41(31)52)34-21-29(42(53)50-12-15-57-16-13-50)19-28-20-35(44(55)56)48(6)39(28)34/h10-11,17-21,25H,8-9,12-16,22H2,1-7H3,(H,55,56). The molecule has 1 saturated heterocycles. The van der Waals surface area contributed by atoms with Crippen molar-refractivity contribution in [3.63, 3.8) is 0 Å². The molecule has 2 aliphatic rings. The van der Waals surface area contributed by atoms with Crippen LogP contribution in [0.2, 0.25) is 10.0 Å². The lowest BCUT2D eigenvalue weighted by molar-refractivity contribution is 0.0303. The minimum absolute atomic E-state index is 0.0482. The molecule has 0 aliphatic carbocycles. The molecule has 6 aromatic rings. The molecule has 14 heteroatoms. The lowest BCUT2D eigenvalue weighted by Gasteiger charge is -2.35. The molecule has 302 valence electrons. The van der Waals surface area contributed by atoms with E-state index in [1.54, 1.807) is 39.6 Å². The normalized spacial score (nSPS) is 15.8. The number of ether oxygens (including phenoxy) is 2. The largest absolute Gasteiger partial charge is 0.494 e. The van der Waals surface area contributed by atoms with Crippen molar-refractivity contribution in [3.8, 4) is 16.9 Å². The molecule has 5 heterocycles. The zero-order valence-corrected chi connectivity index (χ0v) is 35.2. The van der Waals surface area contributed by atoms with Crippen molar-refractivity contribution in [3.05, 3.63) is 97.5 Å². The second-order valence-corrected chi connectivity index (χ2v) is 16.3. The van der Waals surface area contributed by atoms with Gasteiger partial charge in [0.05, 0.1) is 47.3 Å². The quantitative estimate of drug-likeness (QED) is 0.145. The van der Waals surface area contributed by atoms with Crippen molar-refractivity contribution in [2.24, 2.45) is 14.1 Å². The van der Waals surface area contributed by atoms with Gasteiger partial charge in [-0.25, -0.2) is 4.79 Å². The topological polar surface area (TPSA) is 124 Å². The maximum atomic E-state index is 15.4. The Balaban J connectivity index is 1.29. The number of aromatic carboxylic acids is 1. The predicted octanol–water partition coefficient (Wildman–Crippen LogP) is 8.48. The van der Waals surface area contributed by atoms with Crippen molar-refractivity contribution < 1.29 is 29.0 Å². The third-order valence-corrected chi connectivity index (χ3v) is 12.6. The second kappa shape index (κ2) is 15.1. The van der Waals surface area contributed by atoms with E-state index < -0.39 is 5.97 Å². The molecular weight excluding hydrogens is 779 g/mol. The molecule has 58 heavy (non-hydrogen) atoms. The van der Waals surface area contributed by atoms with Gasteiger partial charge in [0.1, 0.15) is 17.1 Å². The van der Waals surface area contributed by atoms with Gasteiger partial charge in [-0.3, -0.25) is 14.3 Å².